The Morgan fingerprint density at radius 2 is 1.23 bits per heavy atom. The molecule has 118 valence electrons. The molecule has 0 amide bonds. The van der Waals surface area contributed by atoms with Crippen LogP contribution in [0, 0.1) is 29.1 Å². The van der Waals surface area contributed by atoms with Gasteiger partial charge in [-0.3, -0.25) is 0 Å². The lowest BCUT2D eigenvalue weighted by atomic mass is 10.3. The SMILES string of the molecule is NP(=O)(Oc1ccccc1)Oc1c(F)c(F)c(F)c(F)c1F. The number of rotatable bonds is 4. The van der Waals surface area contributed by atoms with E-state index < -0.39 is 42.6 Å². The lowest BCUT2D eigenvalue weighted by molar-refractivity contribution is 0.326. The van der Waals surface area contributed by atoms with Gasteiger partial charge in [0.05, 0.1) is 0 Å². The summed E-state index contributed by atoms with van der Waals surface area (Å²) in [6.07, 6.45) is 0. The van der Waals surface area contributed by atoms with Crippen molar-refractivity contribution in [3.05, 3.63) is 59.4 Å². The second kappa shape index (κ2) is 5.94. The van der Waals surface area contributed by atoms with Crippen molar-refractivity contribution in [2.24, 2.45) is 5.50 Å². The maximum absolute atomic E-state index is 13.4. The molecule has 0 aliphatic carbocycles. The Hall–Kier alpha value is -2.12. The smallest absolute Gasteiger partial charge is 0.405 e. The van der Waals surface area contributed by atoms with Crippen LogP contribution in [0.2, 0.25) is 0 Å². The van der Waals surface area contributed by atoms with Crippen LogP contribution in [-0.2, 0) is 4.57 Å². The van der Waals surface area contributed by atoms with E-state index >= 15 is 0 Å². The average molecular weight is 339 g/mol. The molecule has 0 radical (unpaired) electrons. The van der Waals surface area contributed by atoms with Crippen molar-refractivity contribution in [2.75, 3.05) is 0 Å². The van der Waals surface area contributed by atoms with Crippen LogP contribution >= 0.6 is 7.75 Å². The first-order chi connectivity index (χ1) is 10.2. The van der Waals surface area contributed by atoms with E-state index in [1.54, 1.807) is 6.07 Å². The molecule has 0 fully saturated rings. The van der Waals surface area contributed by atoms with Gasteiger partial charge in [0.2, 0.25) is 34.8 Å². The Morgan fingerprint density at radius 3 is 1.73 bits per heavy atom. The second-order valence-electron chi connectivity index (χ2n) is 3.93. The molecule has 2 rings (SSSR count). The summed E-state index contributed by atoms with van der Waals surface area (Å²) in [6, 6.07) is 7.10. The van der Waals surface area contributed by atoms with Crippen LogP contribution in [0.3, 0.4) is 0 Å². The zero-order valence-corrected chi connectivity index (χ0v) is 11.4. The first-order valence-electron chi connectivity index (χ1n) is 5.57. The number of nitrogens with two attached hydrogens (primary N) is 1. The van der Waals surface area contributed by atoms with Crippen LogP contribution in [0.4, 0.5) is 22.0 Å². The fourth-order valence-corrected chi connectivity index (χ4v) is 2.31. The summed E-state index contributed by atoms with van der Waals surface area (Å²) in [5.74, 6) is -13.4. The van der Waals surface area contributed by atoms with Crippen LogP contribution in [0.25, 0.3) is 0 Å². The molecule has 0 aliphatic heterocycles. The van der Waals surface area contributed by atoms with Crippen LogP contribution in [0.5, 0.6) is 11.5 Å². The van der Waals surface area contributed by atoms with Crippen LogP contribution < -0.4 is 14.6 Å². The number of halogens is 5. The highest BCUT2D eigenvalue weighted by Gasteiger charge is 2.32. The topological polar surface area (TPSA) is 61.6 Å². The van der Waals surface area contributed by atoms with Crippen LogP contribution in [-0.4, -0.2) is 0 Å². The minimum atomic E-state index is -4.68. The third kappa shape index (κ3) is 3.20. The largest absolute Gasteiger partial charge is 0.510 e. The fraction of sp³-hybridized carbons (Fsp3) is 0. The molecule has 10 heteroatoms. The van der Waals surface area contributed by atoms with Crippen molar-refractivity contribution in [1.82, 2.24) is 0 Å². The van der Waals surface area contributed by atoms with Gasteiger partial charge >= 0.3 is 7.75 Å². The number of hydrogen-bond donors (Lipinski definition) is 1. The summed E-state index contributed by atoms with van der Waals surface area (Å²) < 4.78 is 86.3. The Bertz CT molecular complexity index is 727. The zero-order valence-electron chi connectivity index (χ0n) is 10.5. The third-order valence-electron chi connectivity index (χ3n) is 2.36. The zero-order chi connectivity index (χ0) is 16.5. The van der Waals surface area contributed by atoms with Crippen LogP contribution in [0.15, 0.2) is 30.3 Å². The van der Waals surface area contributed by atoms with Gasteiger partial charge in [0.25, 0.3) is 0 Å². The summed E-state index contributed by atoms with van der Waals surface area (Å²) >= 11 is 0. The predicted octanol–water partition coefficient (Wildman–Crippen LogP) is 3.91. The van der Waals surface area contributed by atoms with Gasteiger partial charge in [-0.15, -0.1) is 0 Å². The summed E-state index contributed by atoms with van der Waals surface area (Å²) in [4.78, 5) is 0. The van der Waals surface area contributed by atoms with Crippen molar-refractivity contribution < 1.29 is 35.6 Å². The summed E-state index contributed by atoms with van der Waals surface area (Å²) in [6.45, 7) is 0. The highest BCUT2D eigenvalue weighted by Crippen LogP contribution is 2.43. The minimum Gasteiger partial charge on any atom is -0.405 e. The molecule has 1 atom stereocenters. The molecule has 0 spiro atoms. The number of para-hydroxylation sites is 1. The molecule has 0 aliphatic rings. The van der Waals surface area contributed by atoms with E-state index in [0.717, 1.165) is 0 Å². The fourth-order valence-electron chi connectivity index (χ4n) is 1.44. The van der Waals surface area contributed by atoms with Crippen molar-refractivity contribution in [3.63, 3.8) is 0 Å². The lowest BCUT2D eigenvalue weighted by Gasteiger charge is -2.16. The van der Waals surface area contributed by atoms with Gasteiger partial charge in [0, 0.05) is 0 Å². The monoisotopic (exact) mass is 339 g/mol. The molecule has 0 saturated carbocycles. The molecule has 2 aromatic carbocycles. The number of benzene rings is 2. The maximum Gasteiger partial charge on any atom is 0.510 e. The van der Waals surface area contributed by atoms with E-state index in [2.05, 4.69) is 9.05 Å². The Kier molecular flexibility index (Phi) is 4.39. The van der Waals surface area contributed by atoms with Gasteiger partial charge in [0.1, 0.15) is 5.75 Å². The van der Waals surface area contributed by atoms with Crippen molar-refractivity contribution in [1.29, 1.82) is 0 Å². The van der Waals surface area contributed by atoms with E-state index in [1.165, 1.54) is 24.3 Å². The van der Waals surface area contributed by atoms with Crippen LogP contribution in [0.1, 0.15) is 0 Å². The van der Waals surface area contributed by atoms with Gasteiger partial charge in [-0.25, -0.2) is 23.2 Å². The highest BCUT2D eigenvalue weighted by molar-refractivity contribution is 7.52. The first-order valence-corrected chi connectivity index (χ1v) is 7.18. The minimum absolute atomic E-state index is 0.0859. The Morgan fingerprint density at radius 1 is 0.773 bits per heavy atom. The molecule has 0 bridgehead atoms. The van der Waals surface area contributed by atoms with Gasteiger partial charge < -0.3 is 9.05 Å². The standard InChI is InChI=1S/C12H7F5NO3P/c13-7-8(14)10(16)12(11(17)9(7)15)21-22(18,19)20-6-4-2-1-3-5-6/h1-5H,(H2,18,19). The number of hydrogen-bond acceptors (Lipinski definition) is 3. The third-order valence-corrected chi connectivity index (χ3v) is 3.27. The van der Waals surface area contributed by atoms with E-state index in [1.807, 2.05) is 0 Å². The molecule has 0 heterocycles. The van der Waals surface area contributed by atoms with Crippen molar-refractivity contribution >= 4 is 7.75 Å². The normalized spacial score (nSPS) is 13.5. The molecular weight excluding hydrogens is 332 g/mol. The molecular formula is C12H7F5NO3P. The second-order valence-corrected chi connectivity index (χ2v) is 5.38. The Balaban J connectivity index is 2.36. The summed E-state index contributed by atoms with van der Waals surface area (Å²) in [7, 11) is -4.68. The molecule has 22 heavy (non-hydrogen) atoms. The molecule has 2 aromatic rings. The molecule has 1 unspecified atom stereocenters. The summed E-state index contributed by atoms with van der Waals surface area (Å²) in [5, 5.41) is 0. The first kappa shape index (κ1) is 16.3. The quantitative estimate of drug-likeness (QED) is 0.397. The molecule has 4 nitrogen and oxygen atoms in total. The van der Waals surface area contributed by atoms with Crippen molar-refractivity contribution in [3.8, 4) is 11.5 Å². The van der Waals surface area contributed by atoms with Gasteiger partial charge in [-0.05, 0) is 12.1 Å². The van der Waals surface area contributed by atoms with Gasteiger partial charge in [0.15, 0.2) is 0 Å². The average Bonchev–Trinajstić information content (AvgIpc) is 2.48. The van der Waals surface area contributed by atoms with Crippen molar-refractivity contribution in [2.45, 2.75) is 0 Å². The lowest BCUT2D eigenvalue weighted by Crippen LogP contribution is -2.13. The van der Waals surface area contributed by atoms with E-state index in [9.17, 15) is 26.5 Å². The predicted molar refractivity (Wildman–Crippen MR) is 65.7 cm³/mol. The maximum atomic E-state index is 13.4. The molecule has 0 saturated heterocycles. The van der Waals surface area contributed by atoms with E-state index in [-0.39, 0.29) is 5.75 Å². The van der Waals surface area contributed by atoms with E-state index in [0.29, 0.717) is 0 Å². The molecule has 2 N–H and O–H groups in total. The van der Waals surface area contributed by atoms with Gasteiger partial charge in [-0.2, -0.15) is 8.78 Å². The summed E-state index contributed by atoms with van der Waals surface area (Å²) in [5.41, 5.74) is 5.10. The van der Waals surface area contributed by atoms with Gasteiger partial charge in [-0.1, -0.05) is 18.2 Å². The highest BCUT2D eigenvalue weighted by atomic mass is 31.2. The molecule has 0 aromatic heterocycles. The Labute approximate surface area is 120 Å². The van der Waals surface area contributed by atoms with E-state index in [4.69, 9.17) is 5.50 Å².